The van der Waals surface area contributed by atoms with Crippen LogP contribution in [0, 0.1) is 0 Å². The Morgan fingerprint density at radius 2 is 0.723 bits per heavy atom. The highest BCUT2D eigenvalue weighted by Crippen LogP contribution is 2.64. The summed E-state index contributed by atoms with van der Waals surface area (Å²) in [6.45, 7) is 28.3. The molecule has 3 nitrogen and oxygen atoms in total. The van der Waals surface area contributed by atoms with Crippen LogP contribution in [0.15, 0.2) is 152 Å². The molecule has 2 aliphatic rings. The van der Waals surface area contributed by atoms with Crippen LogP contribution in [0.1, 0.15) is 74.9 Å². The zero-order valence-electron chi connectivity index (χ0n) is 40.3. The fourth-order valence-electron chi connectivity index (χ4n) is 10.1. The van der Waals surface area contributed by atoms with E-state index < -0.39 is 21.6 Å². The third kappa shape index (κ3) is 7.28. The van der Waals surface area contributed by atoms with Gasteiger partial charge in [-0.1, -0.05) is 231 Å². The normalized spacial score (nSPS) is 14.0. The molecule has 0 N–H and O–H groups in total. The Balaban J connectivity index is 1.15. The summed E-state index contributed by atoms with van der Waals surface area (Å²) in [5.41, 5.74) is 18.2. The standard InChI is InChI=1S/C60H61N3Si2/c1-58(2,3)43-25-32-49-50-33-26-44(59(4,5)6)37-54(50)60(53(49)36-43)51-19-14-13-18-47(51)48-31-24-41(35-52(48)60)40-16-15-17-42(34-40)57-62-55(38-20-27-45(28-21-38)64(7,8)9)61-56(63-57)39-22-29-46(30-23-39)65(10,11)12/h13-37H,1-12H3. The van der Waals surface area contributed by atoms with Crippen LogP contribution in [0.4, 0.5) is 0 Å². The minimum Gasteiger partial charge on any atom is -0.208 e. The summed E-state index contributed by atoms with van der Waals surface area (Å²) in [5.74, 6) is 2.04. The Bertz CT molecular complexity index is 3030. The summed E-state index contributed by atoms with van der Waals surface area (Å²) in [6, 6.07) is 57.5. The maximum atomic E-state index is 5.23. The predicted molar refractivity (Wildman–Crippen MR) is 281 cm³/mol. The van der Waals surface area contributed by atoms with E-state index in [2.05, 4.69) is 232 Å². The molecule has 0 unspecified atom stereocenters. The van der Waals surface area contributed by atoms with Gasteiger partial charge in [-0.2, -0.15) is 0 Å². The van der Waals surface area contributed by atoms with Crippen molar-refractivity contribution in [2.45, 2.75) is 97.1 Å². The van der Waals surface area contributed by atoms with Gasteiger partial charge in [-0.3, -0.25) is 0 Å². The molecule has 0 fully saturated rings. The fraction of sp³-hybridized carbons (Fsp3) is 0.250. The smallest absolute Gasteiger partial charge is 0.164 e. The van der Waals surface area contributed by atoms with E-state index in [0.717, 1.165) is 22.3 Å². The molecule has 0 saturated carbocycles. The van der Waals surface area contributed by atoms with Crippen molar-refractivity contribution in [3.05, 3.63) is 185 Å². The lowest BCUT2D eigenvalue weighted by atomic mass is 9.68. The maximum Gasteiger partial charge on any atom is 0.164 e. The highest BCUT2D eigenvalue weighted by molar-refractivity contribution is 6.89. The van der Waals surface area contributed by atoms with Gasteiger partial charge in [0.05, 0.1) is 21.6 Å². The molecule has 10 rings (SSSR count). The van der Waals surface area contributed by atoms with E-state index >= 15 is 0 Å². The quantitative estimate of drug-likeness (QED) is 0.156. The zero-order chi connectivity index (χ0) is 45.8. The molecule has 1 heterocycles. The van der Waals surface area contributed by atoms with Gasteiger partial charge in [0, 0.05) is 16.7 Å². The largest absolute Gasteiger partial charge is 0.208 e. The number of rotatable bonds is 6. The van der Waals surface area contributed by atoms with Crippen LogP contribution in [0.5, 0.6) is 0 Å². The van der Waals surface area contributed by atoms with Crippen LogP contribution < -0.4 is 10.4 Å². The van der Waals surface area contributed by atoms with Gasteiger partial charge >= 0.3 is 0 Å². The Hall–Kier alpha value is -6.02. The first-order chi connectivity index (χ1) is 30.7. The van der Waals surface area contributed by atoms with Gasteiger partial charge in [0.2, 0.25) is 0 Å². The molecule has 0 aliphatic heterocycles. The topological polar surface area (TPSA) is 38.7 Å². The molecule has 0 amide bonds. The van der Waals surface area contributed by atoms with Gasteiger partial charge in [-0.05, 0) is 89.7 Å². The van der Waals surface area contributed by atoms with Crippen molar-refractivity contribution in [3.8, 4) is 67.5 Å². The lowest BCUT2D eigenvalue weighted by Crippen LogP contribution is -2.37. The van der Waals surface area contributed by atoms with Gasteiger partial charge < -0.3 is 0 Å². The van der Waals surface area contributed by atoms with Crippen LogP contribution in [0.25, 0.3) is 67.5 Å². The molecule has 5 heteroatoms. The van der Waals surface area contributed by atoms with E-state index in [4.69, 9.17) is 15.0 Å². The Morgan fingerprint density at radius 3 is 1.20 bits per heavy atom. The van der Waals surface area contributed by atoms with Crippen molar-refractivity contribution in [3.63, 3.8) is 0 Å². The van der Waals surface area contributed by atoms with Crippen LogP contribution in [-0.2, 0) is 16.2 Å². The van der Waals surface area contributed by atoms with E-state index in [1.165, 1.54) is 71.6 Å². The molecule has 8 aromatic rings. The van der Waals surface area contributed by atoms with E-state index in [1.807, 2.05) is 0 Å². The SMILES string of the molecule is CC(C)(C)c1ccc2c(c1)C1(c3ccccc3-c3ccc(-c4cccc(-c5nc(-c6ccc([Si](C)(C)C)cc6)nc(-c6ccc([Si](C)(C)C)cc6)n5)c4)cc31)c1cc(C(C)(C)C)ccc1-2. The molecule has 324 valence electrons. The van der Waals surface area contributed by atoms with E-state index in [0.29, 0.717) is 17.5 Å². The summed E-state index contributed by atoms with van der Waals surface area (Å²) in [7, 11) is -2.97. The molecule has 7 aromatic carbocycles. The molecule has 0 radical (unpaired) electrons. The molecular weight excluding hydrogens is 819 g/mol. The first kappa shape index (κ1) is 42.9. The van der Waals surface area contributed by atoms with Crippen molar-refractivity contribution >= 4 is 26.5 Å². The van der Waals surface area contributed by atoms with Crippen molar-refractivity contribution in [1.82, 2.24) is 15.0 Å². The maximum absolute atomic E-state index is 5.23. The van der Waals surface area contributed by atoms with Crippen LogP contribution in [0.2, 0.25) is 39.3 Å². The first-order valence-electron chi connectivity index (χ1n) is 23.3. The Morgan fingerprint density at radius 1 is 0.338 bits per heavy atom. The lowest BCUT2D eigenvalue weighted by Gasteiger charge is -2.33. The third-order valence-corrected chi connectivity index (χ3v) is 18.2. The summed E-state index contributed by atoms with van der Waals surface area (Å²) < 4.78 is 0. The average molecular weight is 880 g/mol. The van der Waals surface area contributed by atoms with Crippen LogP contribution >= 0.6 is 0 Å². The van der Waals surface area contributed by atoms with Gasteiger partial charge in [0.25, 0.3) is 0 Å². The molecule has 0 saturated heterocycles. The van der Waals surface area contributed by atoms with Crippen molar-refractivity contribution in [1.29, 1.82) is 0 Å². The number of aromatic nitrogens is 3. The molecule has 0 bridgehead atoms. The number of benzene rings is 7. The second-order valence-corrected chi connectivity index (χ2v) is 32.8. The molecule has 1 aromatic heterocycles. The predicted octanol–water partition coefficient (Wildman–Crippen LogP) is 14.6. The van der Waals surface area contributed by atoms with Gasteiger partial charge in [-0.25, -0.2) is 15.0 Å². The summed E-state index contributed by atoms with van der Waals surface area (Å²) in [4.78, 5) is 15.6. The highest BCUT2D eigenvalue weighted by Gasteiger charge is 2.52. The highest BCUT2D eigenvalue weighted by atomic mass is 28.3. The number of hydrogen-bond acceptors (Lipinski definition) is 3. The van der Waals surface area contributed by atoms with Crippen LogP contribution in [0.3, 0.4) is 0 Å². The second-order valence-electron chi connectivity index (χ2n) is 22.6. The Labute approximate surface area is 389 Å². The summed E-state index contributed by atoms with van der Waals surface area (Å²) in [5, 5.41) is 2.83. The summed E-state index contributed by atoms with van der Waals surface area (Å²) in [6.07, 6.45) is 0. The van der Waals surface area contributed by atoms with E-state index in [1.54, 1.807) is 0 Å². The third-order valence-electron chi connectivity index (χ3n) is 14.0. The molecule has 1 spiro atoms. The molecule has 2 aliphatic carbocycles. The van der Waals surface area contributed by atoms with Gasteiger partial charge in [0.1, 0.15) is 0 Å². The number of fused-ring (bicyclic) bond motifs is 10. The minimum atomic E-state index is -1.48. The van der Waals surface area contributed by atoms with Crippen LogP contribution in [-0.4, -0.2) is 31.1 Å². The first-order valence-corrected chi connectivity index (χ1v) is 30.3. The molecular formula is C60H61N3Si2. The van der Waals surface area contributed by atoms with E-state index in [-0.39, 0.29) is 10.8 Å². The fourth-order valence-corrected chi connectivity index (χ4v) is 12.5. The minimum absolute atomic E-state index is 0.00553. The monoisotopic (exact) mass is 879 g/mol. The second kappa shape index (κ2) is 15.0. The van der Waals surface area contributed by atoms with Gasteiger partial charge in [-0.15, -0.1) is 0 Å². The van der Waals surface area contributed by atoms with Crippen molar-refractivity contribution in [2.75, 3.05) is 0 Å². The average Bonchev–Trinajstić information content (AvgIpc) is 3.74. The summed E-state index contributed by atoms with van der Waals surface area (Å²) >= 11 is 0. The molecule has 65 heavy (non-hydrogen) atoms. The number of nitrogens with zero attached hydrogens (tertiary/aromatic N) is 3. The van der Waals surface area contributed by atoms with Crippen molar-refractivity contribution < 1.29 is 0 Å². The Kier molecular flexibility index (Phi) is 9.91. The number of hydrogen-bond donors (Lipinski definition) is 0. The lowest BCUT2D eigenvalue weighted by molar-refractivity contribution is 0.586. The van der Waals surface area contributed by atoms with E-state index in [9.17, 15) is 0 Å². The van der Waals surface area contributed by atoms with Gasteiger partial charge in [0.15, 0.2) is 17.5 Å². The zero-order valence-corrected chi connectivity index (χ0v) is 42.3. The van der Waals surface area contributed by atoms with Crippen molar-refractivity contribution in [2.24, 2.45) is 0 Å². The molecule has 0 atom stereocenters.